The van der Waals surface area contributed by atoms with Crippen LogP contribution < -0.4 is 52.3 Å². The molecule has 0 saturated heterocycles. The van der Waals surface area contributed by atoms with E-state index in [9.17, 15) is 79.8 Å². The summed E-state index contributed by atoms with van der Waals surface area (Å²) in [6.45, 7) is 3.76. The number of aliphatic hydroxyl groups is 3. The second kappa shape index (κ2) is 27.1. The molecule has 3 aliphatic rings. The van der Waals surface area contributed by atoms with Gasteiger partial charge in [-0.2, -0.15) is 0 Å². The number of ether oxygens (including phenoxy) is 4. The number of hydrogen-bond donors (Lipinski definition) is 17. The van der Waals surface area contributed by atoms with Gasteiger partial charge in [0.25, 0.3) is 0 Å². The van der Waals surface area contributed by atoms with Crippen molar-refractivity contribution in [3.63, 3.8) is 0 Å². The normalized spacial score (nSPS) is 18.2. The summed E-state index contributed by atoms with van der Waals surface area (Å²) in [7, 11) is 0. The molecule has 0 aliphatic carbocycles. The summed E-state index contributed by atoms with van der Waals surface area (Å²) in [5.41, 5.74) is 11.4. The number of amides is 5. The number of phenols is 6. The molecule has 10 rings (SSSR count). The van der Waals surface area contributed by atoms with Crippen LogP contribution in [-0.2, 0) is 35.1 Å². The van der Waals surface area contributed by atoms with Crippen molar-refractivity contribution in [1.82, 2.24) is 26.6 Å². The highest BCUT2D eigenvalue weighted by molar-refractivity contribution is 6.32. The van der Waals surface area contributed by atoms with Crippen molar-refractivity contribution >= 4 is 58.9 Å². The van der Waals surface area contributed by atoms with Crippen molar-refractivity contribution < 1.29 is 98.8 Å². The highest BCUT2D eigenvalue weighted by Crippen LogP contribution is 2.48. The third-order valence-corrected chi connectivity index (χ3v) is 15.2. The lowest BCUT2D eigenvalue weighted by Gasteiger charge is -2.30. The van der Waals surface area contributed by atoms with Gasteiger partial charge in [-0.05, 0) is 139 Å². The molecule has 8 bridgehead atoms. The lowest BCUT2D eigenvalue weighted by molar-refractivity contribution is -0.143. The van der Waals surface area contributed by atoms with Crippen LogP contribution in [0.4, 0.5) is 4.79 Å². The van der Waals surface area contributed by atoms with Crippen LogP contribution in [0, 0.1) is 0 Å². The Hall–Kier alpha value is -10.3. The van der Waals surface area contributed by atoms with Crippen LogP contribution in [0.5, 0.6) is 69.0 Å². The second-order valence-corrected chi connectivity index (χ2v) is 23.2. The third kappa shape index (κ3) is 14.8. The zero-order chi connectivity index (χ0) is 66.8. The number of nitrogens with two attached hydrogens (primary N) is 2. The number of halogens is 2. The summed E-state index contributed by atoms with van der Waals surface area (Å²) < 4.78 is 23.4. The van der Waals surface area contributed by atoms with Gasteiger partial charge in [-0.25, -0.2) is 9.59 Å². The first-order chi connectivity index (χ1) is 43.5. The Morgan fingerprint density at radius 1 is 0.652 bits per heavy atom. The number of carbonyl (C=O) groups excluding carboxylic acids is 5. The van der Waals surface area contributed by atoms with Gasteiger partial charge in [-0.1, -0.05) is 47.5 Å². The lowest BCUT2D eigenvalue weighted by Crippen LogP contribution is -2.54. The molecule has 0 aromatic heterocycles. The van der Waals surface area contributed by atoms with E-state index >= 15 is 0 Å². The first-order valence-electron chi connectivity index (χ1n) is 27.9. The number of phenolic OH excluding ortho intramolecular Hbond substituents is 6. The van der Waals surface area contributed by atoms with E-state index in [1.54, 1.807) is 20.8 Å². The van der Waals surface area contributed by atoms with E-state index < -0.39 is 149 Å². The Morgan fingerprint density at radius 3 is 2.03 bits per heavy atom. The molecule has 8 atom stereocenters. The van der Waals surface area contributed by atoms with Crippen LogP contribution in [0.1, 0.15) is 96.0 Å². The number of alkyl carbamates (subject to hydrolysis) is 1. The van der Waals surface area contributed by atoms with Gasteiger partial charge in [-0.15, -0.1) is 0 Å². The summed E-state index contributed by atoms with van der Waals surface area (Å²) in [4.78, 5) is 82.4. The monoisotopic (exact) mass is 1310 g/mol. The largest absolute Gasteiger partial charge is 0.508 e. The number of nitrogens with one attached hydrogen (secondary N) is 5. The van der Waals surface area contributed by atoms with Gasteiger partial charge in [0.1, 0.15) is 70.1 Å². The van der Waals surface area contributed by atoms with Crippen molar-refractivity contribution in [3.05, 3.63) is 164 Å². The molecule has 0 fully saturated rings. The molecule has 0 radical (unpaired) electrons. The molecule has 482 valence electrons. The van der Waals surface area contributed by atoms with Gasteiger partial charge in [0.2, 0.25) is 29.4 Å². The minimum absolute atomic E-state index is 0.0508. The van der Waals surface area contributed by atoms with Crippen molar-refractivity contribution in [2.24, 2.45) is 11.5 Å². The molecule has 7 aromatic carbocycles. The third-order valence-electron chi connectivity index (χ3n) is 14.6. The first kappa shape index (κ1) is 66.2. The van der Waals surface area contributed by atoms with Crippen LogP contribution in [0.15, 0.2) is 115 Å². The predicted molar refractivity (Wildman–Crippen MR) is 326 cm³/mol. The molecule has 5 amide bonds. The number of aliphatic hydroxyl groups excluding tert-OH is 3. The number of fused-ring (bicyclic) bond motifs is 8. The smallest absolute Gasteiger partial charge is 0.408 e. The first-order valence-corrected chi connectivity index (χ1v) is 28.6. The number of aromatic hydroxyl groups is 6. The topological polar surface area (TPSA) is 454 Å². The van der Waals surface area contributed by atoms with Gasteiger partial charge in [0.05, 0.1) is 41.4 Å². The maximum atomic E-state index is 14.6. The van der Waals surface area contributed by atoms with Crippen LogP contribution in [0.25, 0.3) is 11.1 Å². The standard InChI is InChI=1S/C63H61Cl2N7O20/c1-63(2,3)92-62(88)69-40(24-73)27-5-9-43(78)47(18-27)89-34-15-30(14-32(75)21-34)41(25-74)68-57(82)39(66)13-26-4-10-45(37(64)12-26)90-48-19-31-20-49(56(48)81)91-46-11-7-29(17-38(46)65)55(80)54-60(85)71-53(61(86)87)36-22-33(76)23-44(79)50(36)35-16-28(6-8-42(35)77)52(59(84)72-54)70-58(83)51(31)67/h4-12,14-23,39-41,51-55,73-81H,13,24-25,66-67H2,1-3H3,(H,68,82)(H,69,88)(H,70,83)(H,71,85)(H,72,84)(H,86,87)/t39-,40+,41-,51-,52-,53+,54+,55-/m1/s1. The highest BCUT2D eigenvalue weighted by atomic mass is 35.5. The SMILES string of the molecule is CC(C)(C)OC(=O)N[C@@H](CO)c1ccc(O)c(Oc2cc(O)cc([C@@H](CO)NC(=O)[C@H](N)Cc3ccc(Oc4cc5cc(c4O)Oc4ccc(cc4Cl)[C@@H](O)[C@@H]4NC(=O)[C@H](NC(=O)[C@@H]5N)c5ccc(O)c(c5)-c5c(O)cc(O)cc5[C@@H](C(=O)O)NC4=O)c(Cl)c3)c2)c1. The summed E-state index contributed by atoms with van der Waals surface area (Å²) in [6.07, 6.45) is -3.01. The van der Waals surface area contributed by atoms with Gasteiger partial charge in [-0.3, -0.25) is 19.2 Å². The van der Waals surface area contributed by atoms with E-state index in [-0.39, 0.29) is 78.8 Å². The molecule has 3 aliphatic heterocycles. The highest BCUT2D eigenvalue weighted by Gasteiger charge is 2.39. The summed E-state index contributed by atoms with van der Waals surface area (Å²) in [6, 6.07) is 11.9. The maximum Gasteiger partial charge on any atom is 0.408 e. The minimum atomic E-state index is -2.11. The number of hydrogen-bond acceptors (Lipinski definition) is 21. The molecule has 29 heteroatoms. The lowest BCUT2D eigenvalue weighted by atomic mass is 9.89. The summed E-state index contributed by atoms with van der Waals surface area (Å²) in [5.74, 6) is -10.9. The number of carboxylic acids is 1. The van der Waals surface area contributed by atoms with Gasteiger partial charge in [0.15, 0.2) is 29.0 Å². The van der Waals surface area contributed by atoms with E-state index in [0.29, 0.717) is 11.1 Å². The van der Waals surface area contributed by atoms with Crippen molar-refractivity contribution in [2.75, 3.05) is 13.2 Å². The van der Waals surface area contributed by atoms with E-state index in [4.69, 9.17) is 53.6 Å². The fourth-order valence-corrected chi connectivity index (χ4v) is 10.5. The minimum Gasteiger partial charge on any atom is -0.508 e. The number of benzene rings is 7. The molecule has 0 unspecified atom stereocenters. The molecular formula is C63H61Cl2N7O20. The Balaban J connectivity index is 0.965. The molecule has 7 aromatic rings. The van der Waals surface area contributed by atoms with Crippen LogP contribution >= 0.6 is 23.2 Å². The second-order valence-electron chi connectivity index (χ2n) is 22.4. The van der Waals surface area contributed by atoms with E-state index in [0.717, 1.165) is 42.5 Å². The fraction of sp³-hybridized carbons (Fsp3) is 0.238. The molecule has 0 saturated carbocycles. The van der Waals surface area contributed by atoms with E-state index in [2.05, 4.69) is 26.6 Å². The quantitative estimate of drug-likeness (QED) is 0.0576. The van der Waals surface area contributed by atoms with E-state index in [1.165, 1.54) is 72.8 Å². The average molecular weight is 1310 g/mol. The Bertz CT molecular complexity index is 4070. The Morgan fingerprint density at radius 2 is 1.35 bits per heavy atom. The molecule has 27 nitrogen and oxygen atoms in total. The van der Waals surface area contributed by atoms with Gasteiger partial charge >= 0.3 is 12.1 Å². The zero-order valence-corrected chi connectivity index (χ0v) is 50.2. The number of aliphatic carboxylic acids is 1. The zero-order valence-electron chi connectivity index (χ0n) is 48.7. The maximum absolute atomic E-state index is 14.6. The van der Waals surface area contributed by atoms with Crippen molar-refractivity contribution in [3.8, 4) is 80.1 Å². The number of rotatable bonds is 14. The van der Waals surface area contributed by atoms with Gasteiger partial charge < -0.3 is 108 Å². The van der Waals surface area contributed by atoms with E-state index in [1.807, 2.05) is 0 Å². The summed E-state index contributed by atoms with van der Waals surface area (Å²) >= 11 is 13.5. The fourth-order valence-electron chi connectivity index (χ4n) is 10.1. The number of carbonyl (C=O) groups is 6. The molecule has 19 N–H and O–H groups in total. The predicted octanol–water partition coefficient (Wildman–Crippen LogP) is 6.19. The average Bonchev–Trinajstić information content (AvgIpc) is 0.797. The van der Waals surface area contributed by atoms with Crippen LogP contribution in [-0.4, -0.2) is 118 Å². The summed E-state index contributed by atoms with van der Waals surface area (Å²) in [5, 5.41) is 121. The van der Waals surface area contributed by atoms with Crippen LogP contribution in [0.2, 0.25) is 10.0 Å². The molecule has 0 spiro atoms. The van der Waals surface area contributed by atoms with Crippen molar-refractivity contribution in [2.45, 2.75) is 81.2 Å². The van der Waals surface area contributed by atoms with Crippen LogP contribution in [0.3, 0.4) is 0 Å². The number of carboxylic acid groups (broad SMARTS) is 1. The van der Waals surface area contributed by atoms with Gasteiger partial charge in [0, 0.05) is 28.8 Å². The molecule has 92 heavy (non-hydrogen) atoms. The van der Waals surface area contributed by atoms with Crippen molar-refractivity contribution in [1.29, 1.82) is 0 Å². The Labute approximate surface area is 532 Å². The Kier molecular flexibility index (Phi) is 19.5. The molecule has 3 heterocycles. The molecular weight excluding hydrogens is 1250 g/mol.